The molecule has 0 radical (unpaired) electrons. The van der Waals surface area contributed by atoms with Gasteiger partial charge in [-0.2, -0.15) is 0 Å². The van der Waals surface area contributed by atoms with Gasteiger partial charge in [0.05, 0.1) is 32.7 Å². The molecule has 1 saturated carbocycles. The Kier molecular flexibility index (Phi) is 7.61. The molecule has 1 N–H and O–H groups in total. The molecular weight excluding hydrogens is 454 g/mol. The molecule has 2 aromatic rings. The maximum Gasteiger partial charge on any atom is 0.166 e. The zero-order valence-corrected chi connectivity index (χ0v) is 20.9. The largest absolute Gasteiger partial charge is 0.493 e. The third-order valence-electron chi connectivity index (χ3n) is 6.37. The number of aromatic nitrogens is 4. The molecule has 0 saturated heterocycles. The summed E-state index contributed by atoms with van der Waals surface area (Å²) in [7, 11) is 1.68. The third-order valence-corrected chi connectivity index (χ3v) is 6.37. The number of hydrogen-bond donors (Lipinski definition) is 1. The van der Waals surface area contributed by atoms with Crippen LogP contribution in [0.5, 0.6) is 11.5 Å². The molecule has 0 aromatic heterocycles. The van der Waals surface area contributed by atoms with E-state index in [1.54, 1.807) is 7.11 Å². The van der Waals surface area contributed by atoms with Crippen molar-refractivity contribution in [3.8, 4) is 23.0 Å². The van der Waals surface area contributed by atoms with Gasteiger partial charge in [0.15, 0.2) is 34.7 Å². The number of benzene rings is 2. The second kappa shape index (κ2) is 11.4. The maximum atomic E-state index is 6.29. The maximum absolute atomic E-state index is 6.29. The molecule has 0 bridgehead atoms. The Morgan fingerprint density at radius 1 is 0.972 bits per heavy atom. The number of hydrogen-bond acceptors (Lipinski definition) is 7. The van der Waals surface area contributed by atoms with Gasteiger partial charge in [-0.1, -0.05) is 36.4 Å². The van der Waals surface area contributed by atoms with Gasteiger partial charge in [0.25, 0.3) is 0 Å². The highest BCUT2D eigenvalue weighted by atomic mass is 16.5. The van der Waals surface area contributed by atoms with E-state index in [4.69, 9.17) is 24.2 Å². The van der Waals surface area contributed by atoms with E-state index in [1.807, 2.05) is 54.2 Å². The molecule has 1 fully saturated rings. The number of methoxy groups -OCH3 is 1. The van der Waals surface area contributed by atoms with E-state index in [0.717, 1.165) is 59.3 Å². The summed E-state index contributed by atoms with van der Waals surface area (Å²) < 4.78 is 19.8. The highest BCUT2D eigenvalue weighted by molar-refractivity contribution is 5.67. The van der Waals surface area contributed by atoms with Crippen LogP contribution in [0.2, 0.25) is 0 Å². The van der Waals surface area contributed by atoms with E-state index in [1.165, 1.54) is 12.8 Å². The number of anilines is 1. The minimum Gasteiger partial charge on any atom is -0.493 e. The van der Waals surface area contributed by atoms with Crippen LogP contribution in [0.25, 0.3) is 11.5 Å². The van der Waals surface area contributed by atoms with Crippen molar-refractivity contribution in [2.45, 2.75) is 58.5 Å². The number of imidazole rings is 1. The van der Waals surface area contributed by atoms with Crippen LogP contribution in [0.4, 0.5) is 5.82 Å². The Balaban J connectivity index is 1.37. The fraction of sp³-hybridized carbons (Fsp3) is 0.393. The third kappa shape index (κ3) is 5.60. The smallest absolute Gasteiger partial charge is 0.166 e. The van der Waals surface area contributed by atoms with Crippen molar-refractivity contribution in [3.05, 3.63) is 71.8 Å². The summed E-state index contributed by atoms with van der Waals surface area (Å²) in [5.41, 5.74) is 2.94. The van der Waals surface area contributed by atoms with Crippen molar-refractivity contribution >= 4 is 5.82 Å². The summed E-state index contributed by atoms with van der Waals surface area (Å²) in [5, 5.41) is 3.30. The van der Waals surface area contributed by atoms with Crippen LogP contribution in [0.15, 0.2) is 54.9 Å². The molecule has 8 nitrogen and oxygen atoms in total. The first-order chi connectivity index (χ1) is 17.7. The number of nitrogens with zero attached hydrogens (tertiary/aromatic N) is 4. The fourth-order valence-electron chi connectivity index (χ4n) is 4.59. The number of fused-ring (bicyclic) bond motifs is 1. The topological polar surface area (TPSA) is 83.3 Å². The van der Waals surface area contributed by atoms with Gasteiger partial charge in [-0.3, -0.25) is 0 Å². The molecule has 8 heteroatoms. The average Bonchev–Trinajstić information content (AvgIpc) is 3.57. The molecule has 5 rings (SSSR count). The lowest BCUT2D eigenvalue weighted by molar-refractivity contribution is 0.102. The predicted octanol–water partition coefficient (Wildman–Crippen LogP) is 5.30. The predicted molar refractivity (Wildman–Crippen MR) is 139 cm³/mol. The van der Waals surface area contributed by atoms with Gasteiger partial charge in [0.2, 0.25) is 0 Å². The van der Waals surface area contributed by atoms with Crippen molar-refractivity contribution in [3.63, 3.8) is 0 Å². The molecule has 0 atom stereocenters. The van der Waals surface area contributed by atoms with Crippen LogP contribution in [-0.2, 0) is 24.5 Å². The van der Waals surface area contributed by atoms with Crippen LogP contribution in [-0.4, -0.2) is 39.3 Å². The van der Waals surface area contributed by atoms with Crippen molar-refractivity contribution in [2.75, 3.05) is 19.0 Å². The van der Waals surface area contributed by atoms with Crippen molar-refractivity contribution < 1.29 is 14.2 Å². The summed E-state index contributed by atoms with van der Waals surface area (Å²) in [4.78, 5) is 14.2. The first kappa shape index (κ1) is 24.1. The van der Waals surface area contributed by atoms with Gasteiger partial charge in [-0.15, -0.1) is 0 Å². The zero-order valence-electron chi connectivity index (χ0n) is 20.9. The van der Waals surface area contributed by atoms with Gasteiger partial charge < -0.3 is 24.1 Å². The number of rotatable bonds is 11. The van der Waals surface area contributed by atoms with Gasteiger partial charge in [0.1, 0.15) is 6.61 Å². The Morgan fingerprint density at radius 2 is 1.81 bits per heavy atom. The van der Waals surface area contributed by atoms with Crippen LogP contribution in [0.1, 0.15) is 49.6 Å². The molecule has 0 unspecified atom stereocenters. The number of ether oxygens (including phenoxy) is 3. The average molecular weight is 488 g/mol. The highest BCUT2D eigenvalue weighted by Crippen LogP contribution is 2.33. The Morgan fingerprint density at radius 3 is 2.58 bits per heavy atom. The molecule has 2 aromatic carbocycles. The second-order valence-corrected chi connectivity index (χ2v) is 9.05. The summed E-state index contributed by atoms with van der Waals surface area (Å²) in [6.45, 7) is 4.22. The quantitative estimate of drug-likeness (QED) is 0.307. The summed E-state index contributed by atoms with van der Waals surface area (Å²) in [5.74, 6) is 3.69. The lowest BCUT2D eigenvalue weighted by atomic mass is 10.2. The van der Waals surface area contributed by atoms with E-state index in [-0.39, 0.29) is 6.10 Å². The molecule has 3 aliphatic rings. The van der Waals surface area contributed by atoms with Gasteiger partial charge in [0, 0.05) is 6.54 Å². The minimum absolute atomic E-state index is 0.258. The van der Waals surface area contributed by atoms with E-state index in [2.05, 4.69) is 22.4 Å². The number of nitrogens with one attached hydrogen (secondary N) is 1. The Bertz CT molecular complexity index is 1240. The van der Waals surface area contributed by atoms with Crippen LogP contribution >= 0.6 is 0 Å². The van der Waals surface area contributed by atoms with Crippen molar-refractivity contribution in [1.29, 1.82) is 0 Å². The van der Waals surface area contributed by atoms with Gasteiger partial charge >= 0.3 is 0 Å². The monoisotopic (exact) mass is 487 g/mol. The summed E-state index contributed by atoms with van der Waals surface area (Å²) in [6, 6.07) is 16.2. The molecule has 2 heterocycles. The molecule has 1 aliphatic carbocycles. The second-order valence-electron chi connectivity index (χ2n) is 9.05. The molecular formula is C28H33N5O3. The standard InChI is InChI=1S/C28H33N5O3/c1-3-29-27-26-28(32-25(31-26)18-35-17-20-9-5-4-6-10-20)33(19-30-27)16-21-13-14-23(34-2)24(15-21)36-22-11-7-8-12-22/h4-6,9-10,13-15,19,22,29H,3,7-8,11-12,16-18H2,1-2H3. The fourth-order valence-corrected chi connectivity index (χ4v) is 4.59. The highest BCUT2D eigenvalue weighted by Gasteiger charge is 2.22. The van der Waals surface area contributed by atoms with E-state index in [9.17, 15) is 0 Å². The molecule has 36 heavy (non-hydrogen) atoms. The van der Waals surface area contributed by atoms with Crippen LogP contribution in [0, 0.1) is 0 Å². The molecule has 0 spiro atoms. The lowest BCUT2D eigenvalue weighted by Crippen LogP contribution is -2.13. The normalized spacial score (nSPS) is 13.8. The first-order valence-corrected chi connectivity index (χ1v) is 12.6. The van der Waals surface area contributed by atoms with E-state index < -0.39 is 0 Å². The van der Waals surface area contributed by atoms with Gasteiger partial charge in [-0.05, 0) is 55.9 Å². The molecule has 0 amide bonds. The molecule has 188 valence electrons. The van der Waals surface area contributed by atoms with Crippen LogP contribution in [0.3, 0.4) is 0 Å². The van der Waals surface area contributed by atoms with E-state index in [0.29, 0.717) is 25.6 Å². The van der Waals surface area contributed by atoms with E-state index >= 15 is 0 Å². The summed E-state index contributed by atoms with van der Waals surface area (Å²) in [6.07, 6.45) is 6.70. The van der Waals surface area contributed by atoms with Crippen molar-refractivity contribution in [2.24, 2.45) is 0 Å². The Hall–Kier alpha value is -3.65. The first-order valence-electron chi connectivity index (χ1n) is 12.6. The SMILES string of the molecule is CCNc1ncn(Cc2ccc(OC)c(OC3CCCC3)c2)c2nc(COCc3ccccc3)nc1-2. The van der Waals surface area contributed by atoms with Crippen LogP contribution < -0.4 is 14.8 Å². The lowest BCUT2D eigenvalue weighted by Gasteiger charge is -2.18. The van der Waals surface area contributed by atoms with Gasteiger partial charge in [-0.25, -0.2) is 15.0 Å². The minimum atomic E-state index is 0.258. The molecule has 2 aliphatic heterocycles. The summed E-state index contributed by atoms with van der Waals surface area (Å²) >= 11 is 0. The Labute approximate surface area is 212 Å². The zero-order chi connectivity index (χ0) is 24.7. The van der Waals surface area contributed by atoms with Crippen molar-refractivity contribution in [1.82, 2.24) is 19.5 Å².